The molecule has 5 heteroatoms. The molecule has 0 spiro atoms. The summed E-state index contributed by atoms with van der Waals surface area (Å²) in [6.45, 7) is 5.77. The van der Waals surface area contributed by atoms with Gasteiger partial charge in [-0.2, -0.15) is 0 Å². The van der Waals surface area contributed by atoms with E-state index in [1.807, 2.05) is 4.57 Å². The second-order valence-corrected chi connectivity index (χ2v) is 4.56. The molecule has 4 nitrogen and oxygen atoms in total. The van der Waals surface area contributed by atoms with Crippen molar-refractivity contribution in [2.45, 2.75) is 45.3 Å². The first kappa shape index (κ1) is 10.9. The summed E-state index contributed by atoms with van der Waals surface area (Å²) in [5.41, 5.74) is -0.101. The number of aryl methyl sites for hydroxylation is 1. The Hall–Kier alpha value is -0.610. The summed E-state index contributed by atoms with van der Waals surface area (Å²) in [6.07, 6.45) is 3.04. The third-order valence-electron chi connectivity index (χ3n) is 2.89. The van der Waals surface area contributed by atoms with Gasteiger partial charge < -0.3 is 4.74 Å². The highest BCUT2D eigenvalue weighted by Gasteiger charge is 2.31. The Kier molecular flexibility index (Phi) is 2.98. The molecular formula is C10H16ClN3O. The molecule has 1 aliphatic heterocycles. The van der Waals surface area contributed by atoms with Crippen molar-refractivity contribution in [3.63, 3.8) is 0 Å². The number of aromatic nitrogens is 3. The van der Waals surface area contributed by atoms with E-state index >= 15 is 0 Å². The molecule has 1 aromatic rings. The van der Waals surface area contributed by atoms with Gasteiger partial charge in [0.05, 0.1) is 12.1 Å². The first-order valence-corrected chi connectivity index (χ1v) is 5.74. The van der Waals surface area contributed by atoms with Crippen molar-refractivity contribution in [3.05, 3.63) is 11.1 Å². The Bertz CT molecular complexity index is 344. The molecule has 0 bridgehead atoms. The van der Waals surface area contributed by atoms with Crippen LogP contribution in [-0.2, 0) is 17.7 Å². The van der Waals surface area contributed by atoms with Crippen molar-refractivity contribution in [2.24, 2.45) is 0 Å². The van der Waals surface area contributed by atoms with E-state index < -0.39 is 0 Å². The van der Waals surface area contributed by atoms with Crippen LogP contribution in [0.3, 0.4) is 0 Å². The van der Waals surface area contributed by atoms with Gasteiger partial charge in [0.1, 0.15) is 5.82 Å². The van der Waals surface area contributed by atoms with E-state index in [4.69, 9.17) is 16.3 Å². The quantitative estimate of drug-likeness (QED) is 0.797. The maximum atomic E-state index is 6.00. The van der Waals surface area contributed by atoms with Crippen LogP contribution in [0.1, 0.15) is 32.5 Å². The average Bonchev–Trinajstić information content (AvgIpc) is 2.76. The first-order chi connectivity index (χ1) is 7.14. The van der Waals surface area contributed by atoms with E-state index in [9.17, 15) is 0 Å². The largest absolute Gasteiger partial charge is 0.373 e. The van der Waals surface area contributed by atoms with Crippen LogP contribution in [0.15, 0.2) is 0 Å². The van der Waals surface area contributed by atoms with Crippen molar-refractivity contribution in [2.75, 3.05) is 6.61 Å². The molecule has 15 heavy (non-hydrogen) atoms. The molecule has 0 aliphatic carbocycles. The van der Waals surface area contributed by atoms with Crippen molar-refractivity contribution >= 4 is 11.6 Å². The van der Waals surface area contributed by atoms with Crippen LogP contribution in [0.5, 0.6) is 0 Å². The number of rotatable bonds is 3. The van der Waals surface area contributed by atoms with Gasteiger partial charge in [-0.3, -0.25) is 4.57 Å². The summed E-state index contributed by atoms with van der Waals surface area (Å²) in [4.78, 5) is 0. The van der Waals surface area contributed by atoms with Gasteiger partial charge in [0.25, 0.3) is 0 Å². The Morgan fingerprint density at radius 3 is 2.93 bits per heavy atom. The summed E-state index contributed by atoms with van der Waals surface area (Å²) in [5, 5.41) is 8.38. The van der Waals surface area contributed by atoms with Crippen molar-refractivity contribution in [1.29, 1.82) is 0 Å². The minimum Gasteiger partial charge on any atom is -0.373 e. The smallest absolute Gasteiger partial charge is 0.225 e. The summed E-state index contributed by atoms with van der Waals surface area (Å²) >= 11 is 6.00. The molecule has 2 heterocycles. The lowest BCUT2D eigenvalue weighted by Gasteiger charge is -2.24. The fourth-order valence-electron chi connectivity index (χ4n) is 2.03. The summed E-state index contributed by atoms with van der Waals surface area (Å²) in [5.74, 6) is 0.928. The maximum Gasteiger partial charge on any atom is 0.225 e. The van der Waals surface area contributed by atoms with Gasteiger partial charge in [-0.05, 0) is 31.4 Å². The molecule has 1 aliphatic rings. The molecule has 0 N–H and O–H groups in total. The molecule has 1 atom stereocenters. The minimum atomic E-state index is -0.101. The molecule has 1 saturated heterocycles. The third kappa shape index (κ3) is 2.16. The monoisotopic (exact) mass is 229 g/mol. The Balaban J connectivity index is 2.18. The zero-order chi connectivity index (χ0) is 10.9. The van der Waals surface area contributed by atoms with Crippen LogP contribution in [0, 0.1) is 0 Å². The summed E-state index contributed by atoms with van der Waals surface area (Å²) in [6, 6.07) is 0. The number of nitrogens with zero attached hydrogens (tertiary/aromatic N) is 3. The first-order valence-electron chi connectivity index (χ1n) is 5.36. The lowest BCUT2D eigenvalue weighted by atomic mass is 10.0. The van der Waals surface area contributed by atoms with Crippen molar-refractivity contribution in [3.8, 4) is 0 Å². The standard InChI is InChI=1S/C10H16ClN3O/c1-3-8-12-13-9(11)14(8)7-10(2)5-4-6-15-10/h3-7H2,1-2H3. The lowest BCUT2D eigenvalue weighted by Crippen LogP contribution is -2.30. The van der Waals surface area contributed by atoms with Gasteiger partial charge in [-0.1, -0.05) is 6.92 Å². The second kappa shape index (κ2) is 4.10. The van der Waals surface area contributed by atoms with E-state index in [0.717, 1.165) is 38.2 Å². The van der Waals surface area contributed by atoms with Gasteiger partial charge >= 0.3 is 0 Å². The number of hydrogen-bond acceptors (Lipinski definition) is 3. The highest BCUT2D eigenvalue weighted by Crippen LogP contribution is 2.28. The Labute approximate surface area is 94.6 Å². The number of halogens is 1. The predicted molar refractivity (Wildman–Crippen MR) is 58.0 cm³/mol. The SMILES string of the molecule is CCc1nnc(Cl)n1CC1(C)CCCO1. The molecule has 84 valence electrons. The van der Waals surface area contributed by atoms with Gasteiger partial charge in [0.15, 0.2) is 0 Å². The van der Waals surface area contributed by atoms with E-state index in [1.54, 1.807) is 0 Å². The van der Waals surface area contributed by atoms with Gasteiger partial charge in [0, 0.05) is 13.0 Å². The lowest BCUT2D eigenvalue weighted by molar-refractivity contribution is 0.00565. The van der Waals surface area contributed by atoms with E-state index in [1.165, 1.54) is 0 Å². The van der Waals surface area contributed by atoms with Crippen LogP contribution >= 0.6 is 11.6 Å². The number of ether oxygens (including phenoxy) is 1. The van der Waals surface area contributed by atoms with E-state index in [2.05, 4.69) is 24.0 Å². The van der Waals surface area contributed by atoms with Crippen LogP contribution in [-0.4, -0.2) is 27.0 Å². The Morgan fingerprint density at radius 2 is 2.33 bits per heavy atom. The second-order valence-electron chi connectivity index (χ2n) is 4.23. The normalized spacial score (nSPS) is 26.1. The predicted octanol–water partition coefficient (Wildman–Crippen LogP) is 2.06. The van der Waals surface area contributed by atoms with Crippen LogP contribution in [0.2, 0.25) is 5.28 Å². The molecule has 0 radical (unpaired) electrons. The minimum absolute atomic E-state index is 0.101. The molecular weight excluding hydrogens is 214 g/mol. The maximum absolute atomic E-state index is 6.00. The van der Waals surface area contributed by atoms with Gasteiger partial charge in [-0.25, -0.2) is 0 Å². The highest BCUT2D eigenvalue weighted by molar-refractivity contribution is 6.28. The average molecular weight is 230 g/mol. The Morgan fingerprint density at radius 1 is 1.53 bits per heavy atom. The molecule has 1 aromatic heterocycles. The third-order valence-corrected chi connectivity index (χ3v) is 3.17. The highest BCUT2D eigenvalue weighted by atomic mass is 35.5. The zero-order valence-corrected chi connectivity index (χ0v) is 9.92. The molecule has 2 rings (SSSR count). The van der Waals surface area contributed by atoms with Crippen molar-refractivity contribution in [1.82, 2.24) is 14.8 Å². The zero-order valence-electron chi connectivity index (χ0n) is 9.16. The van der Waals surface area contributed by atoms with Crippen molar-refractivity contribution < 1.29 is 4.74 Å². The van der Waals surface area contributed by atoms with E-state index in [0.29, 0.717) is 5.28 Å². The van der Waals surface area contributed by atoms with Gasteiger partial charge in [0.2, 0.25) is 5.28 Å². The fourth-order valence-corrected chi connectivity index (χ4v) is 2.22. The van der Waals surface area contributed by atoms with Crippen LogP contribution < -0.4 is 0 Å². The molecule has 1 fully saturated rings. The number of hydrogen-bond donors (Lipinski definition) is 0. The summed E-state index contributed by atoms with van der Waals surface area (Å²) < 4.78 is 7.68. The van der Waals surface area contributed by atoms with Gasteiger partial charge in [-0.15, -0.1) is 10.2 Å². The molecule has 0 amide bonds. The fraction of sp³-hybridized carbons (Fsp3) is 0.800. The summed E-state index contributed by atoms with van der Waals surface area (Å²) in [7, 11) is 0. The van der Waals surface area contributed by atoms with Crippen LogP contribution in [0.25, 0.3) is 0 Å². The van der Waals surface area contributed by atoms with Crippen LogP contribution in [0.4, 0.5) is 0 Å². The molecule has 0 aromatic carbocycles. The van der Waals surface area contributed by atoms with E-state index in [-0.39, 0.29) is 5.60 Å². The molecule has 0 saturated carbocycles. The topological polar surface area (TPSA) is 39.9 Å². The molecule has 1 unspecified atom stereocenters.